The highest BCUT2D eigenvalue weighted by Gasteiger charge is 2.22. The standard InChI is InChI=1S/C9H12N2O2/c12-9(8-5-10-11-6-8)7-1-3-13-4-2-7/h5-7H,1-4H2,(H,10,11). The van der Waals surface area contributed by atoms with Gasteiger partial charge in [-0.2, -0.15) is 5.10 Å². The van der Waals surface area contributed by atoms with Crippen molar-refractivity contribution in [2.75, 3.05) is 13.2 Å². The van der Waals surface area contributed by atoms with Crippen LogP contribution >= 0.6 is 0 Å². The molecule has 1 aromatic rings. The molecule has 4 heteroatoms. The molecule has 0 atom stereocenters. The first kappa shape index (κ1) is 8.44. The molecule has 0 bridgehead atoms. The molecule has 0 amide bonds. The summed E-state index contributed by atoms with van der Waals surface area (Å²) in [6, 6.07) is 0. The maximum atomic E-state index is 11.7. The Kier molecular flexibility index (Phi) is 2.40. The summed E-state index contributed by atoms with van der Waals surface area (Å²) in [5.41, 5.74) is 0.687. The third-order valence-corrected chi connectivity index (χ3v) is 2.37. The predicted molar refractivity (Wildman–Crippen MR) is 46.5 cm³/mol. The Labute approximate surface area is 76.3 Å². The molecule has 4 nitrogen and oxygen atoms in total. The fourth-order valence-electron chi connectivity index (χ4n) is 1.58. The van der Waals surface area contributed by atoms with Crippen LogP contribution in [0.25, 0.3) is 0 Å². The van der Waals surface area contributed by atoms with Crippen LogP contribution in [0.5, 0.6) is 0 Å². The number of ketones is 1. The summed E-state index contributed by atoms with van der Waals surface area (Å²) in [6.07, 6.45) is 4.91. The Balaban J connectivity index is 2.04. The minimum atomic E-state index is 0.131. The third kappa shape index (κ3) is 1.78. The van der Waals surface area contributed by atoms with E-state index in [0.717, 1.165) is 12.8 Å². The first-order valence-corrected chi connectivity index (χ1v) is 4.48. The fraction of sp³-hybridized carbons (Fsp3) is 0.556. The molecule has 0 aromatic carbocycles. The van der Waals surface area contributed by atoms with Gasteiger partial charge in [0.1, 0.15) is 0 Å². The zero-order chi connectivity index (χ0) is 9.10. The third-order valence-electron chi connectivity index (χ3n) is 2.37. The van der Waals surface area contributed by atoms with E-state index in [1.54, 1.807) is 12.4 Å². The summed E-state index contributed by atoms with van der Waals surface area (Å²) in [7, 11) is 0. The van der Waals surface area contributed by atoms with Crippen LogP contribution in [0.3, 0.4) is 0 Å². The smallest absolute Gasteiger partial charge is 0.169 e. The van der Waals surface area contributed by atoms with E-state index in [-0.39, 0.29) is 11.7 Å². The summed E-state index contributed by atoms with van der Waals surface area (Å²) in [6.45, 7) is 1.41. The van der Waals surface area contributed by atoms with Gasteiger partial charge in [-0.1, -0.05) is 0 Å². The Morgan fingerprint density at radius 2 is 2.31 bits per heavy atom. The van der Waals surface area contributed by atoms with Crippen molar-refractivity contribution in [3.63, 3.8) is 0 Å². The summed E-state index contributed by atoms with van der Waals surface area (Å²) in [5, 5.41) is 6.41. The lowest BCUT2D eigenvalue weighted by Gasteiger charge is -2.19. The number of hydrogen-bond acceptors (Lipinski definition) is 3. The second-order valence-corrected chi connectivity index (χ2v) is 3.24. The molecule has 0 saturated carbocycles. The first-order chi connectivity index (χ1) is 6.38. The van der Waals surface area contributed by atoms with Crippen LogP contribution in [-0.4, -0.2) is 29.2 Å². The summed E-state index contributed by atoms with van der Waals surface area (Å²) in [4.78, 5) is 11.7. The van der Waals surface area contributed by atoms with E-state index in [1.165, 1.54) is 0 Å². The molecule has 2 rings (SSSR count). The molecule has 1 aliphatic rings. The van der Waals surface area contributed by atoms with Crippen molar-refractivity contribution in [1.29, 1.82) is 0 Å². The topological polar surface area (TPSA) is 55.0 Å². The number of aromatic amines is 1. The van der Waals surface area contributed by atoms with Gasteiger partial charge in [-0.3, -0.25) is 9.89 Å². The van der Waals surface area contributed by atoms with Crippen molar-refractivity contribution < 1.29 is 9.53 Å². The van der Waals surface area contributed by atoms with Gasteiger partial charge in [0.25, 0.3) is 0 Å². The summed E-state index contributed by atoms with van der Waals surface area (Å²) < 4.78 is 5.19. The molecular formula is C9H12N2O2. The Hall–Kier alpha value is -1.16. The summed E-state index contributed by atoms with van der Waals surface area (Å²) in [5.74, 6) is 0.323. The second-order valence-electron chi connectivity index (χ2n) is 3.24. The van der Waals surface area contributed by atoms with E-state index < -0.39 is 0 Å². The number of H-pyrrole nitrogens is 1. The molecule has 70 valence electrons. The summed E-state index contributed by atoms with van der Waals surface area (Å²) >= 11 is 0. The lowest BCUT2D eigenvalue weighted by molar-refractivity contribution is 0.0545. The van der Waals surface area contributed by atoms with Gasteiger partial charge in [-0.15, -0.1) is 0 Å². The van der Waals surface area contributed by atoms with Gasteiger partial charge in [-0.05, 0) is 12.8 Å². The van der Waals surface area contributed by atoms with Gasteiger partial charge in [0.15, 0.2) is 5.78 Å². The van der Waals surface area contributed by atoms with Crippen molar-refractivity contribution in [1.82, 2.24) is 10.2 Å². The van der Waals surface area contributed by atoms with Crippen molar-refractivity contribution in [2.45, 2.75) is 12.8 Å². The maximum absolute atomic E-state index is 11.7. The lowest BCUT2D eigenvalue weighted by atomic mass is 9.92. The van der Waals surface area contributed by atoms with Crippen molar-refractivity contribution in [2.24, 2.45) is 5.92 Å². The van der Waals surface area contributed by atoms with Crippen LogP contribution < -0.4 is 0 Å². The van der Waals surface area contributed by atoms with E-state index >= 15 is 0 Å². The van der Waals surface area contributed by atoms with Gasteiger partial charge in [-0.25, -0.2) is 0 Å². The first-order valence-electron chi connectivity index (χ1n) is 4.48. The zero-order valence-corrected chi connectivity index (χ0v) is 7.32. The number of ether oxygens (including phenoxy) is 1. The average molecular weight is 180 g/mol. The van der Waals surface area contributed by atoms with Gasteiger partial charge in [0, 0.05) is 25.3 Å². The molecule has 1 aliphatic heterocycles. The molecule has 0 spiro atoms. The Morgan fingerprint density at radius 1 is 1.54 bits per heavy atom. The molecule has 2 heterocycles. The van der Waals surface area contributed by atoms with Crippen LogP contribution in [0.1, 0.15) is 23.2 Å². The van der Waals surface area contributed by atoms with Crippen LogP contribution in [0, 0.1) is 5.92 Å². The van der Waals surface area contributed by atoms with Crippen LogP contribution in [0.2, 0.25) is 0 Å². The number of nitrogens with zero attached hydrogens (tertiary/aromatic N) is 1. The maximum Gasteiger partial charge on any atom is 0.169 e. The Morgan fingerprint density at radius 3 is 2.92 bits per heavy atom. The molecule has 1 fully saturated rings. The van der Waals surface area contributed by atoms with Crippen molar-refractivity contribution in [3.05, 3.63) is 18.0 Å². The number of Topliss-reactive ketones (excluding diaryl/α,β-unsaturated/α-hetero) is 1. The minimum Gasteiger partial charge on any atom is -0.381 e. The van der Waals surface area contributed by atoms with Crippen LogP contribution in [0.4, 0.5) is 0 Å². The number of rotatable bonds is 2. The molecule has 1 aromatic heterocycles. The van der Waals surface area contributed by atoms with E-state index in [2.05, 4.69) is 10.2 Å². The highest BCUT2D eigenvalue weighted by molar-refractivity contribution is 5.97. The van der Waals surface area contributed by atoms with E-state index in [1.807, 2.05) is 0 Å². The average Bonchev–Trinajstić information content (AvgIpc) is 2.71. The predicted octanol–water partition coefficient (Wildman–Crippen LogP) is 1.02. The van der Waals surface area contributed by atoms with Gasteiger partial charge >= 0.3 is 0 Å². The molecule has 1 N–H and O–H groups in total. The zero-order valence-electron chi connectivity index (χ0n) is 7.32. The van der Waals surface area contributed by atoms with Crippen LogP contribution in [0.15, 0.2) is 12.4 Å². The fourth-order valence-corrected chi connectivity index (χ4v) is 1.58. The van der Waals surface area contributed by atoms with E-state index in [0.29, 0.717) is 18.8 Å². The van der Waals surface area contributed by atoms with Gasteiger partial charge < -0.3 is 4.74 Å². The van der Waals surface area contributed by atoms with Crippen molar-refractivity contribution in [3.8, 4) is 0 Å². The van der Waals surface area contributed by atoms with Gasteiger partial charge in [0.2, 0.25) is 0 Å². The van der Waals surface area contributed by atoms with Gasteiger partial charge in [0.05, 0.1) is 11.8 Å². The molecule has 1 saturated heterocycles. The molecule has 0 aliphatic carbocycles. The van der Waals surface area contributed by atoms with Crippen molar-refractivity contribution >= 4 is 5.78 Å². The highest BCUT2D eigenvalue weighted by Crippen LogP contribution is 2.19. The highest BCUT2D eigenvalue weighted by atomic mass is 16.5. The lowest BCUT2D eigenvalue weighted by Crippen LogP contribution is -2.23. The number of hydrogen-bond donors (Lipinski definition) is 1. The second kappa shape index (κ2) is 3.70. The van der Waals surface area contributed by atoms with E-state index in [9.17, 15) is 4.79 Å². The number of carbonyl (C=O) groups is 1. The number of aromatic nitrogens is 2. The van der Waals surface area contributed by atoms with E-state index in [4.69, 9.17) is 4.74 Å². The molecule has 0 unspecified atom stereocenters. The molecular weight excluding hydrogens is 168 g/mol. The number of carbonyl (C=O) groups excluding carboxylic acids is 1. The largest absolute Gasteiger partial charge is 0.381 e. The SMILES string of the molecule is O=C(c1cn[nH]c1)C1CCOCC1. The monoisotopic (exact) mass is 180 g/mol. The minimum absolute atomic E-state index is 0.131. The normalized spacial score (nSPS) is 18.8. The Bertz CT molecular complexity index is 276. The molecule has 0 radical (unpaired) electrons. The molecule has 13 heavy (non-hydrogen) atoms. The van der Waals surface area contributed by atoms with Crippen LogP contribution in [-0.2, 0) is 4.74 Å². The quantitative estimate of drug-likeness (QED) is 0.691. The number of nitrogens with one attached hydrogen (secondary N) is 1.